The number of hydrogen-bond donors (Lipinski definition) is 3. The van der Waals surface area contributed by atoms with Crippen LogP contribution in [-0.2, 0) is 6.42 Å². The molecule has 0 bridgehead atoms. The fourth-order valence-corrected chi connectivity index (χ4v) is 4.35. The van der Waals surface area contributed by atoms with Crippen molar-refractivity contribution in [2.75, 3.05) is 18.5 Å². The molecule has 0 atom stereocenters. The molecule has 8 heteroatoms. The Hall–Kier alpha value is -3.23. The van der Waals surface area contributed by atoms with Gasteiger partial charge in [-0.3, -0.25) is 14.9 Å². The van der Waals surface area contributed by atoms with E-state index in [9.17, 15) is 9.59 Å². The first-order valence-electron chi connectivity index (χ1n) is 12.4. The molecule has 0 aliphatic rings. The Morgan fingerprint density at radius 3 is 2.43 bits per heavy atom. The molecule has 0 radical (unpaired) electrons. The maximum Gasteiger partial charge on any atom is 0.257 e. The van der Waals surface area contributed by atoms with Gasteiger partial charge in [0.15, 0.2) is 5.11 Å². The molecule has 3 N–H and O–H groups in total. The van der Waals surface area contributed by atoms with Gasteiger partial charge in [-0.1, -0.05) is 68.7 Å². The molecule has 6 nitrogen and oxygen atoms in total. The van der Waals surface area contributed by atoms with Gasteiger partial charge < -0.3 is 15.4 Å². The van der Waals surface area contributed by atoms with E-state index in [0.29, 0.717) is 40.2 Å². The van der Waals surface area contributed by atoms with Crippen LogP contribution in [0.2, 0.25) is 0 Å². The predicted octanol–water partition coefficient (Wildman–Crippen LogP) is 6.51. The van der Waals surface area contributed by atoms with Gasteiger partial charge in [0.2, 0.25) is 0 Å². The first-order valence-corrected chi connectivity index (χ1v) is 13.6. The molecule has 0 saturated carbocycles. The lowest BCUT2D eigenvalue weighted by atomic mass is 10.1. The van der Waals surface area contributed by atoms with Crippen LogP contribution in [0.25, 0.3) is 0 Å². The van der Waals surface area contributed by atoms with Crippen LogP contribution in [0.5, 0.6) is 5.75 Å². The van der Waals surface area contributed by atoms with E-state index in [1.54, 1.807) is 42.5 Å². The van der Waals surface area contributed by atoms with Crippen molar-refractivity contribution in [1.29, 1.82) is 0 Å². The van der Waals surface area contributed by atoms with Crippen molar-refractivity contribution < 1.29 is 14.3 Å². The molecule has 0 unspecified atom stereocenters. The number of nitrogens with one attached hydrogen (secondary N) is 3. The average molecular weight is 583 g/mol. The standard InChI is InChI=1S/C29H32BrN3O3S/c1-2-3-4-10-19-36-26-16-15-22(20-24(26)30)27(34)33-29(37)32-25-14-9-8-13-23(25)28(35)31-18-17-21-11-6-5-7-12-21/h5-9,11-16,20H,2-4,10,17-19H2,1H3,(H,31,35)(H2,32,33,34,37). The zero-order valence-corrected chi connectivity index (χ0v) is 23.3. The largest absolute Gasteiger partial charge is 0.492 e. The first kappa shape index (κ1) is 28.3. The van der Waals surface area contributed by atoms with Crippen LogP contribution >= 0.6 is 28.1 Å². The van der Waals surface area contributed by atoms with Gasteiger partial charge in [-0.05, 0) is 76.9 Å². The third kappa shape index (κ3) is 9.30. The number of unbranched alkanes of at least 4 members (excludes halogenated alkanes) is 3. The fraction of sp³-hybridized carbons (Fsp3) is 0.276. The molecule has 0 heterocycles. The summed E-state index contributed by atoms with van der Waals surface area (Å²) in [5.74, 6) is 0.112. The summed E-state index contributed by atoms with van der Waals surface area (Å²) in [5.41, 5.74) is 2.53. The minimum atomic E-state index is -0.363. The smallest absolute Gasteiger partial charge is 0.257 e. The number of carbonyl (C=O) groups excluding carboxylic acids is 2. The summed E-state index contributed by atoms with van der Waals surface area (Å²) in [6.45, 7) is 3.31. The normalized spacial score (nSPS) is 10.4. The molecule has 0 saturated heterocycles. The van der Waals surface area contributed by atoms with E-state index in [1.165, 1.54) is 12.8 Å². The van der Waals surface area contributed by atoms with Crippen molar-refractivity contribution in [3.63, 3.8) is 0 Å². The van der Waals surface area contributed by atoms with Gasteiger partial charge in [0.05, 0.1) is 22.3 Å². The Morgan fingerprint density at radius 2 is 1.68 bits per heavy atom. The third-order valence-electron chi connectivity index (χ3n) is 5.64. The lowest BCUT2D eigenvalue weighted by molar-refractivity contribution is 0.0953. The summed E-state index contributed by atoms with van der Waals surface area (Å²) in [6, 6.07) is 22.2. The highest BCUT2D eigenvalue weighted by atomic mass is 79.9. The van der Waals surface area contributed by atoms with E-state index in [4.69, 9.17) is 17.0 Å². The Morgan fingerprint density at radius 1 is 0.919 bits per heavy atom. The summed E-state index contributed by atoms with van der Waals surface area (Å²) in [6.07, 6.45) is 5.24. The highest BCUT2D eigenvalue weighted by molar-refractivity contribution is 9.10. The molecule has 37 heavy (non-hydrogen) atoms. The molecule has 0 aromatic heterocycles. The molecule has 0 aliphatic carbocycles. The number of hydrogen-bond acceptors (Lipinski definition) is 4. The van der Waals surface area contributed by atoms with Gasteiger partial charge >= 0.3 is 0 Å². The van der Waals surface area contributed by atoms with E-state index in [0.717, 1.165) is 24.8 Å². The molecule has 194 valence electrons. The third-order valence-corrected chi connectivity index (χ3v) is 6.46. The van der Waals surface area contributed by atoms with Gasteiger partial charge in [-0.25, -0.2) is 0 Å². The number of carbonyl (C=O) groups is 2. The van der Waals surface area contributed by atoms with Crippen molar-refractivity contribution in [2.45, 2.75) is 39.0 Å². The Labute approximate surface area is 232 Å². The Bertz CT molecular complexity index is 1200. The number of rotatable bonds is 12. The van der Waals surface area contributed by atoms with Crippen molar-refractivity contribution in [1.82, 2.24) is 10.6 Å². The molecule has 0 spiro atoms. The SMILES string of the molecule is CCCCCCOc1ccc(C(=O)NC(=S)Nc2ccccc2C(=O)NCCc2ccccc2)cc1Br. The molecular formula is C29H32BrN3O3S. The minimum absolute atomic E-state index is 0.0990. The molecule has 3 aromatic carbocycles. The van der Waals surface area contributed by atoms with Gasteiger partial charge in [0.25, 0.3) is 11.8 Å². The van der Waals surface area contributed by atoms with Gasteiger partial charge in [0, 0.05) is 12.1 Å². The zero-order chi connectivity index (χ0) is 26.5. The van der Waals surface area contributed by atoms with Crippen LogP contribution in [0.3, 0.4) is 0 Å². The van der Waals surface area contributed by atoms with Crippen LogP contribution in [0.15, 0.2) is 77.3 Å². The van der Waals surface area contributed by atoms with Crippen LogP contribution in [0.4, 0.5) is 5.69 Å². The maximum absolute atomic E-state index is 12.8. The van der Waals surface area contributed by atoms with Gasteiger partial charge in [-0.15, -0.1) is 0 Å². The summed E-state index contributed by atoms with van der Waals surface area (Å²) in [7, 11) is 0. The second kappa shape index (κ2) is 15.1. The highest BCUT2D eigenvalue weighted by Gasteiger charge is 2.14. The Kier molecular flexibility index (Phi) is 11.6. The van der Waals surface area contributed by atoms with Crippen molar-refractivity contribution in [3.05, 3.63) is 94.0 Å². The number of amides is 2. The molecule has 3 rings (SSSR count). The van der Waals surface area contributed by atoms with Gasteiger partial charge in [-0.2, -0.15) is 0 Å². The maximum atomic E-state index is 12.8. The number of halogens is 1. The number of benzene rings is 3. The predicted molar refractivity (Wildman–Crippen MR) is 156 cm³/mol. The number of anilines is 1. The Balaban J connectivity index is 1.53. The van der Waals surface area contributed by atoms with Crippen LogP contribution in [0.1, 0.15) is 58.9 Å². The van der Waals surface area contributed by atoms with Crippen LogP contribution in [0, 0.1) is 0 Å². The monoisotopic (exact) mass is 581 g/mol. The van der Waals surface area contributed by atoms with Crippen molar-refractivity contribution in [3.8, 4) is 5.75 Å². The summed E-state index contributed by atoms with van der Waals surface area (Å²) >= 11 is 8.83. The number of para-hydroxylation sites is 1. The number of ether oxygens (including phenoxy) is 1. The lowest BCUT2D eigenvalue weighted by Crippen LogP contribution is -2.35. The van der Waals surface area contributed by atoms with E-state index in [2.05, 4.69) is 38.8 Å². The topological polar surface area (TPSA) is 79.5 Å². The lowest BCUT2D eigenvalue weighted by Gasteiger charge is -2.14. The van der Waals surface area contributed by atoms with Crippen LogP contribution in [-0.4, -0.2) is 30.1 Å². The van der Waals surface area contributed by atoms with E-state index < -0.39 is 0 Å². The average Bonchev–Trinajstić information content (AvgIpc) is 2.90. The second-order valence-corrected chi connectivity index (χ2v) is 9.76. The minimum Gasteiger partial charge on any atom is -0.492 e. The first-order chi connectivity index (χ1) is 18.0. The molecule has 0 fully saturated rings. The van der Waals surface area contributed by atoms with E-state index in [1.807, 2.05) is 30.3 Å². The molecule has 0 aliphatic heterocycles. The number of thiocarbonyl (C=S) groups is 1. The molecular weight excluding hydrogens is 550 g/mol. The fourth-order valence-electron chi connectivity index (χ4n) is 3.65. The van der Waals surface area contributed by atoms with Crippen LogP contribution < -0.4 is 20.7 Å². The summed E-state index contributed by atoms with van der Waals surface area (Å²) in [5, 5.41) is 8.69. The van der Waals surface area contributed by atoms with Crippen molar-refractivity contribution in [2.24, 2.45) is 0 Å². The molecule has 2 amide bonds. The zero-order valence-electron chi connectivity index (χ0n) is 20.9. The van der Waals surface area contributed by atoms with E-state index >= 15 is 0 Å². The second-order valence-electron chi connectivity index (χ2n) is 8.50. The highest BCUT2D eigenvalue weighted by Crippen LogP contribution is 2.26. The van der Waals surface area contributed by atoms with Gasteiger partial charge in [0.1, 0.15) is 5.75 Å². The summed E-state index contributed by atoms with van der Waals surface area (Å²) in [4.78, 5) is 25.5. The van der Waals surface area contributed by atoms with E-state index in [-0.39, 0.29) is 16.9 Å². The summed E-state index contributed by atoms with van der Waals surface area (Å²) < 4.78 is 6.51. The van der Waals surface area contributed by atoms with Crippen molar-refractivity contribution >= 4 is 50.8 Å². The molecule has 3 aromatic rings. The quantitative estimate of drug-likeness (QED) is 0.168.